The van der Waals surface area contributed by atoms with Crippen LogP contribution in [0.5, 0.6) is 11.5 Å². The molecule has 0 saturated carbocycles. The molecule has 6 N–H and O–H groups in total. The molecule has 2 aliphatic heterocycles. The summed E-state index contributed by atoms with van der Waals surface area (Å²) in [6.07, 6.45) is -12.0. The Kier molecular flexibility index (Phi) is 10.6. The Bertz CT molecular complexity index is 1570. The molecule has 3 aliphatic rings. The average Bonchev–Trinajstić information content (AvgIpc) is 3.40. The molecule has 268 valence electrons. The highest BCUT2D eigenvalue weighted by Crippen LogP contribution is 2.62. The van der Waals surface area contributed by atoms with Gasteiger partial charge in [-0.3, -0.25) is 9.59 Å². The van der Waals surface area contributed by atoms with E-state index in [1.54, 1.807) is 12.1 Å². The number of aryl methyl sites for hydroxylation is 1. The van der Waals surface area contributed by atoms with E-state index in [0.717, 1.165) is 5.56 Å². The summed E-state index contributed by atoms with van der Waals surface area (Å²) in [6.45, 7) is 4.20. The van der Waals surface area contributed by atoms with Crippen molar-refractivity contribution < 1.29 is 83.1 Å². The van der Waals surface area contributed by atoms with E-state index in [9.17, 15) is 49.2 Å². The van der Waals surface area contributed by atoms with Crippen molar-refractivity contribution in [2.24, 2.45) is 0 Å². The van der Waals surface area contributed by atoms with E-state index in [4.69, 9.17) is 29.2 Å². The Morgan fingerprint density at radius 3 is 2.22 bits per heavy atom. The monoisotopic (exact) mass is 695 g/mol. The highest BCUT2D eigenvalue weighted by Gasteiger charge is 2.69. The van der Waals surface area contributed by atoms with E-state index in [-0.39, 0.29) is 12.2 Å². The number of ether oxygens (including phenoxy) is 5. The van der Waals surface area contributed by atoms with Crippen LogP contribution in [0.1, 0.15) is 43.7 Å². The lowest BCUT2D eigenvalue weighted by Crippen LogP contribution is -2.71. The lowest BCUT2D eigenvalue weighted by molar-refractivity contribution is -0.187. The second-order valence-electron chi connectivity index (χ2n) is 12.1. The molecule has 0 radical (unpaired) electrons. The molecule has 1 aromatic carbocycles. The van der Waals surface area contributed by atoms with Gasteiger partial charge in [-0.15, -0.1) is 0 Å². The molecule has 2 heterocycles. The van der Waals surface area contributed by atoms with Crippen LogP contribution in [0.3, 0.4) is 0 Å². The molecule has 1 fully saturated rings. The molecular formula is C31H37NO17. The number of benzene rings is 1. The molecule has 1 aromatic rings. The summed E-state index contributed by atoms with van der Waals surface area (Å²) in [5.41, 5.74) is -1.18. The van der Waals surface area contributed by atoms with Crippen LogP contribution in [0, 0.1) is 6.92 Å². The largest absolute Gasteiger partial charge is 0.493 e. The summed E-state index contributed by atoms with van der Waals surface area (Å²) in [5.74, 6) is -9.98. The molecule has 0 unspecified atom stereocenters. The SMILES string of the molecule is COc1ccc(C)c2c1O[C@H]1C(OC(=O)C[C@H](OC(=O)[C@H](O)[C@@H](O)C(=O)O)C(=O)O[C@@H](CC(=O)O)C(=O)O)=CC[C@@]3(O)[C@@H](C)N(C)CC[C@]213. The van der Waals surface area contributed by atoms with E-state index in [1.165, 1.54) is 13.2 Å². The Morgan fingerprint density at radius 2 is 1.63 bits per heavy atom. The number of nitrogens with zero attached hydrogens (tertiary/aromatic N) is 1. The standard InChI is InChI=1S/C31H37NO17/c1-13-5-6-15(45-4)24-21(13)30-9-10-32(3)14(2)31(30,44)8-7-16(25(30)49-24)46-20(35)12-18(48-29(43)23(37)22(36)27(40)41)28(42)47-17(26(38)39)11-19(33)34/h5-7,14,17-18,22-23,25,36-37,44H,8-12H2,1-4H3,(H,33,34)(H,38,39)(H,40,41)/t14-,17+,18+,22-,23-,25+,30+,31-/m1/s1. The number of carbonyl (C=O) groups is 6. The van der Waals surface area contributed by atoms with Crippen molar-refractivity contribution >= 4 is 35.8 Å². The number of fused-ring (bicyclic) bond motifs is 1. The molecule has 8 atom stereocenters. The van der Waals surface area contributed by atoms with Gasteiger partial charge in [0.05, 0.1) is 31.0 Å². The maximum Gasteiger partial charge on any atom is 0.348 e. The lowest BCUT2D eigenvalue weighted by atomic mass is 9.54. The molecule has 1 aliphatic carbocycles. The van der Waals surface area contributed by atoms with Crippen molar-refractivity contribution in [2.75, 3.05) is 20.7 Å². The molecular weight excluding hydrogens is 658 g/mol. The summed E-state index contributed by atoms with van der Waals surface area (Å²) in [7, 11) is 3.30. The van der Waals surface area contributed by atoms with Crippen molar-refractivity contribution in [2.45, 2.75) is 87.1 Å². The van der Waals surface area contributed by atoms with Gasteiger partial charge < -0.3 is 59.2 Å². The van der Waals surface area contributed by atoms with E-state index in [2.05, 4.69) is 4.74 Å². The number of likely N-dealkylation sites (tertiary alicyclic amines) is 1. The third-order valence-electron chi connectivity index (χ3n) is 9.33. The molecule has 49 heavy (non-hydrogen) atoms. The number of carbonyl (C=O) groups excluding carboxylic acids is 3. The predicted octanol–water partition coefficient (Wildman–Crippen LogP) is -1.13. The number of esters is 3. The molecule has 0 amide bonds. The predicted molar refractivity (Wildman–Crippen MR) is 158 cm³/mol. The number of aliphatic hydroxyl groups excluding tert-OH is 2. The zero-order chi connectivity index (χ0) is 36.6. The highest BCUT2D eigenvalue weighted by atomic mass is 16.6. The lowest BCUT2D eigenvalue weighted by Gasteiger charge is -2.58. The Morgan fingerprint density at radius 1 is 0.980 bits per heavy atom. The molecule has 18 nitrogen and oxygen atoms in total. The van der Waals surface area contributed by atoms with Crippen LogP contribution in [0.4, 0.5) is 0 Å². The fourth-order valence-corrected chi connectivity index (χ4v) is 6.68. The van der Waals surface area contributed by atoms with Crippen molar-refractivity contribution in [3.8, 4) is 11.5 Å². The van der Waals surface area contributed by atoms with Gasteiger partial charge in [0.1, 0.15) is 5.76 Å². The number of piperidine rings is 1. The van der Waals surface area contributed by atoms with Crippen molar-refractivity contribution in [3.05, 3.63) is 35.1 Å². The summed E-state index contributed by atoms with van der Waals surface area (Å²) in [5, 5.41) is 59.0. The number of likely N-dealkylation sites (N-methyl/N-ethyl adjacent to an activating group) is 1. The van der Waals surface area contributed by atoms with Crippen LogP contribution in [0.25, 0.3) is 0 Å². The highest BCUT2D eigenvalue weighted by molar-refractivity contribution is 5.90. The zero-order valence-corrected chi connectivity index (χ0v) is 26.9. The van der Waals surface area contributed by atoms with Gasteiger partial charge in [-0.1, -0.05) is 6.07 Å². The Hall–Kier alpha value is -4.78. The summed E-state index contributed by atoms with van der Waals surface area (Å²) in [6, 6.07) is 3.08. The number of rotatable bonds is 13. The van der Waals surface area contributed by atoms with Crippen LogP contribution in [-0.4, -0.2) is 134 Å². The maximum absolute atomic E-state index is 13.4. The molecule has 1 spiro atoms. The number of aliphatic hydroxyl groups is 3. The third-order valence-corrected chi connectivity index (χ3v) is 9.33. The van der Waals surface area contributed by atoms with Crippen LogP contribution < -0.4 is 9.47 Å². The summed E-state index contributed by atoms with van der Waals surface area (Å²) in [4.78, 5) is 74.4. The van der Waals surface area contributed by atoms with Gasteiger partial charge in [0.25, 0.3) is 0 Å². The molecule has 0 bridgehead atoms. The van der Waals surface area contributed by atoms with Gasteiger partial charge in [0.15, 0.2) is 29.8 Å². The number of methoxy groups -OCH3 is 1. The maximum atomic E-state index is 13.4. The van der Waals surface area contributed by atoms with Gasteiger partial charge >= 0.3 is 35.8 Å². The Labute approximate surface area is 278 Å². The number of aliphatic carboxylic acids is 3. The molecule has 4 rings (SSSR count). The van der Waals surface area contributed by atoms with Gasteiger partial charge in [-0.2, -0.15) is 0 Å². The van der Waals surface area contributed by atoms with Crippen molar-refractivity contribution in [1.29, 1.82) is 0 Å². The van der Waals surface area contributed by atoms with E-state index in [0.29, 0.717) is 30.0 Å². The summed E-state index contributed by atoms with van der Waals surface area (Å²) < 4.78 is 27.0. The van der Waals surface area contributed by atoms with E-state index in [1.807, 2.05) is 25.8 Å². The minimum absolute atomic E-state index is 0.0216. The smallest absolute Gasteiger partial charge is 0.348 e. The average molecular weight is 696 g/mol. The van der Waals surface area contributed by atoms with Gasteiger partial charge in [0, 0.05) is 18.0 Å². The minimum atomic E-state index is -2.76. The quantitative estimate of drug-likeness (QED) is 0.105. The first-order chi connectivity index (χ1) is 22.9. The second kappa shape index (κ2) is 14.0. The zero-order valence-electron chi connectivity index (χ0n) is 26.9. The van der Waals surface area contributed by atoms with Gasteiger partial charge in [0.2, 0.25) is 12.2 Å². The Balaban J connectivity index is 1.67. The van der Waals surface area contributed by atoms with Crippen LogP contribution in [-0.2, 0) is 48.4 Å². The number of carboxylic acids is 3. The van der Waals surface area contributed by atoms with Crippen molar-refractivity contribution in [3.63, 3.8) is 0 Å². The van der Waals surface area contributed by atoms with Crippen molar-refractivity contribution in [1.82, 2.24) is 4.90 Å². The van der Waals surface area contributed by atoms with Crippen LogP contribution in [0.15, 0.2) is 24.0 Å². The number of carboxylic acid groups (broad SMARTS) is 3. The molecule has 1 saturated heterocycles. The van der Waals surface area contributed by atoms with E-state index < -0.39 is 96.2 Å². The number of hydrogen-bond donors (Lipinski definition) is 6. The molecule has 18 heteroatoms. The van der Waals surface area contributed by atoms with Crippen LogP contribution >= 0.6 is 0 Å². The topological polar surface area (TPSA) is 273 Å². The first-order valence-electron chi connectivity index (χ1n) is 15.0. The van der Waals surface area contributed by atoms with Gasteiger partial charge in [-0.25, -0.2) is 19.2 Å². The van der Waals surface area contributed by atoms with Gasteiger partial charge in [-0.05, 0) is 51.6 Å². The minimum Gasteiger partial charge on any atom is -0.493 e. The number of hydrogen-bond acceptors (Lipinski definition) is 15. The molecule has 0 aromatic heterocycles. The first-order valence-corrected chi connectivity index (χ1v) is 15.0. The first kappa shape index (κ1) is 37.0. The third kappa shape index (κ3) is 6.63. The van der Waals surface area contributed by atoms with Crippen LogP contribution in [0.2, 0.25) is 0 Å². The second-order valence-corrected chi connectivity index (χ2v) is 12.1. The summed E-state index contributed by atoms with van der Waals surface area (Å²) >= 11 is 0. The fraction of sp³-hybridized carbons (Fsp3) is 0.548. The van der Waals surface area contributed by atoms with E-state index >= 15 is 0 Å². The normalized spacial score (nSPS) is 26.6. The fourth-order valence-electron chi connectivity index (χ4n) is 6.68.